The lowest BCUT2D eigenvalue weighted by molar-refractivity contribution is 0.0759. The van der Waals surface area contributed by atoms with Gasteiger partial charge >= 0.3 is 0 Å². The highest BCUT2D eigenvalue weighted by atomic mass is 79.9. The van der Waals surface area contributed by atoms with Gasteiger partial charge in [0, 0.05) is 18.4 Å². The maximum atomic E-state index is 14.4. The molecule has 7 nitrogen and oxygen atoms in total. The average Bonchev–Trinajstić information content (AvgIpc) is 3.13. The van der Waals surface area contributed by atoms with Crippen molar-refractivity contribution in [3.05, 3.63) is 41.1 Å². The summed E-state index contributed by atoms with van der Waals surface area (Å²) in [4.78, 5) is 5.82. The van der Waals surface area contributed by atoms with Crippen molar-refractivity contribution in [2.45, 2.75) is 6.10 Å². The van der Waals surface area contributed by atoms with Crippen LogP contribution in [0.25, 0.3) is 5.69 Å². The number of hydrogen-bond donors (Lipinski definition) is 0. The minimum absolute atomic E-state index is 0.0566. The number of benzene rings is 1. The second-order valence-corrected chi connectivity index (χ2v) is 7.82. The zero-order valence-corrected chi connectivity index (χ0v) is 15.1. The van der Waals surface area contributed by atoms with Gasteiger partial charge in [0.2, 0.25) is 0 Å². The number of nitrogens with zero attached hydrogens (tertiary/aromatic N) is 3. The lowest BCUT2D eigenvalue weighted by atomic mass is 10.2. The lowest BCUT2D eigenvalue weighted by Gasteiger charge is -2.17. The highest BCUT2D eigenvalue weighted by Gasteiger charge is 2.25. The predicted molar refractivity (Wildman–Crippen MR) is 89.1 cm³/mol. The molecule has 1 saturated heterocycles. The number of halogens is 2. The number of anilines is 1. The summed E-state index contributed by atoms with van der Waals surface area (Å²) < 4.78 is 48.8. The first kappa shape index (κ1) is 17.3. The van der Waals surface area contributed by atoms with Gasteiger partial charge in [0.15, 0.2) is 0 Å². The standard InChI is InChI=1S/C14H15BrFN3O4S/c1-24(20,21)23-7-11-5-19(9-22-11)10-2-3-13(12(16)4-10)18-6-14(15)17-8-18/h2-4,6,8,11H,5,7,9H2,1H3/t11-/m0/s1. The molecule has 24 heavy (non-hydrogen) atoms. The maximum absolute atomic E-state index is 14.4. The minimum atomic E-state index is -3.51. The van der Waals surface area contributed by atoms with Gasteiger partial charge in [0.1, 0.15) is 29.6 Å². The third-order valence-electron chi connectivity index (χ3n) is 3.48. The Hall–Kier alpha value is -1.49. The Labute approximate surface area is 147 Å². The van der Waals surface area contributed by atoms with Gasteiger partial charge in [-0.3, -0.25) is 4.18 Å². The van der Waals surface area contributed by atoms with Crippen LogP contribution in [0.15, 0.2) is 35.3 Å². The van der Waals surface area contributed by atoms with Gasteiger partial charge in [-0.25, -0.2) is 9.37 Å². The van der Waals surface area contributed by atoms with Gasteiger partial charge < -0.3 is 14.2 Å². The van der Waals surface area contributed by atoms with E-state index in [-0.39, 0.29) is 19.4 Å². The summed E-state index contributed by atoms with van der Waals surface area (Å²) in [6, 6.07) is 4.83. The number of aromatic nitrogens is 2. The number of rotatable bonds is 5. The molecule has 0 amide bonds. The fourth-order valence-corrected chi connectivity index (χ4v) is 3.07. The first-order valence-corrected chi connectivity index (χ1v) is 9.63. The van der Waals surface area contributed by atoms with Crippen LogP contribution in [0.2, 0.25) is 0 Å². The Morgan fingerprint density at radius 1 is 1.50 bits per heavy atom. The van der Waals surface area contributed by atoms with Gasteiger partial charge in [-0.15, -0.1) is 0 Å². The molecule has 1 aliphatic rings. The third-order valence-corrected chi connectivity index (χ3v) is 4.46. The van der Waals surface area contributed by atoms with Crippen molar-refractivity contribution in [3.8, 4) is 5.69 Å². The van der Waals surface area contributed by atoms with Crippen LogP contribution in [-0.4, -0.2) is 50.2 Å². The summed E-state index contributed by atoms with van der Waals surface area (Å²) in [5.41, 5.74) is 1.03. The Kier molecular flexibility index (Phi) is 4.90. The van der Waals surface area contributed by atoms with E-state index in [1.807, 2.05) is 4.90 Å². The lowest BCUT2D eigenvalue weighted by Crippen LogP contribution is -2.25. The number of ether oxygens (including phenoxy) is 1. The summed E-state index contributed by atoms with van der Waals surface area (Å²) in [5.74, 6) is -0.395. The van der Waals surface area contributed by atoms with Crippen molar-refractivity contribution in [1.29, 1.82) is 0 Å². The van der Waals surface area contributed by atoms with Crippen molar-refractivity contribution >= 4 is 31.7 Å². The molecule has 0 N–H and O–H groups in total. The number of imidazole rings is 1. The van der Waals surface area contributed by atoms with Gasteiger partial charge in [0.25, 0.3) is 10.1 Å². The first-order valence-electron chi connectivity index (χ1n) is 7.02. The van der Waals surface area contributed by atoms with Crippen LogP contribution in [0.1, 0.15) is 0 Å². The van der Waals surface area contributed by atoms with E-state index in [2.05, 4.69) is 20.9 Å². The van der Waals surface area contributed by atoms with E-state index in [1.54, 1.807) is 22.9 Å². The Balaban J connectivity index is 1.69. The molecule has 1 aromatic carbocycles. The normalized spacial score (nSPS) is 18.3. The average molecular weight is 420 g/mol. The fourth-order valence-electron chi connectivity index (χ4n) is 2.36. The SMILES string of the molecule is CS(=O)(=O)OC[C@@H]1CN(c2ccc(-n3cnc(Br)c3)c(F)c2)CO1. The van der Waals surface area contributed by atoms with E-state index in [4.69, 9.17) is 8.92 Å². The molecule has 0 spiro atoms. The van der Waals surface area contributed by atoms with Crippen LogP contribution in [-0.2, 0) is 19.0 Å². The van der Waals surface area contributed by atoms with E-state index in [1.165, 1.54) is 12.4 Å². The van der Waals surface area contributed by atoms with Crippen LogP contribution in [0.4, 0.5) is 10.1 Å². The van der Waals surface area contributed by atoms with Crippen LogP contribution in [0, 0.1) is 5.82 Å². The van der Waals surface area contributed by atoms with E-state index >= 15 is 0 Å². The molecular formula is C14H15BrFN3O4S. The molecule has 0 radical (unpaired) electrons. The Bertz CT molecular complexity index is 842. The van der Waals surface area contributed by atoms with E-state index in [0.29, 0.717) is 22.5 Å². The Morgan fingerprint density at radius 2 is 2.29 bits per heavy atom. The van der Waals surface area contributed by atoms with E-state index < -0.39 is 15.9 Å². The summed E-state index contributed by atoms with van der Waals surface area (Å²) in [6.45, 7) is 0.608. The summed E-state index contributed by atoms with van der Waals surface area (Å²) in [7, 11) is -3.51. The highest BCUT2D eigenvalue weighted by molar-refractivity contribution is 9.10. The molecule has 2 aromatic rings. The van der Waals surface area contributed by atoms with Gasteiger partial charge in [-0.1, -0.05) is 0 Å². The monoisotopic (exact) mass is 419 g/mol. The smallest absolute Gasteiger partial charge is 0.264 e. The summed E-state index contributed by atoms with van der Waals surface area (Å²) in [5, 5.41) is 0. The van der Waals surface area contributed by atoms with Gasteiger partial charge in [-0.05, 0) is 34.1 Å². The zero-order chi connectivity index (χ0) is 17.3. The van der Waals surface area contributed by atoms with Crippen LogP contribution < -0.4 is 4.90 Å². The van der Waals surface area contributed by atoms with Crippen molar-refractivity contribution in [1.82, 2.24) is 9.55 Å². The molecule has 3 rings (SSSR count). The van der Waals surface area contributed by atoms with Crippen molar-refractivity contribution in [2.24, 2.45) is 0 Å². The van der Waals surface area contributed by atoms with Gasteiger partial charge in [-0.2, -0.15) is 8.42 Å². The van der Waals surface area contributed by atoms with Crippen molar-refractivity contribution < 1.29 is 21.7 Å². The highest BCUT2D eigenvalue weighted by Crippen LogP contribution is 2.25. The van der Waals surface area contributed by atoms with E-state index in [0.717, 1.165) is 6.26 Å². The summed E-state index contributed by atoms with van der Waals surface area (Å²) >= 11 is 3.22. The molecule has 10 heteroatoms. The van der Waals surface area contributed by atoms with Gasteiger partial charge in [0.05, 0.1) is 18.6 Å². The molecule has 1 atom stereocenters. The minimum Gasteiger partial charge on any atom is -0.354 e. The molecule has 0 saturated carbocycles. The fraction of sp³-hybridized carbons (Fsp3) is 0.357. The van der Waals surface area contributed by atoms with Crippen LogP contribution in [0.3, 0.4) is 0 Å². The number of hydrogen-bond acceptors (Lipinski definition) is 6. The molecule has 130 valence electrons. The molecule has 0 bridgehead atoms. The molecule has 1 fully saturated rings. The first-order chi connectivity index (χ1) is 11.3. The molecule has 1 aromatic heterocycles. The maximum Gasteiger partial charge on any atom is 0.264 e. The quantitative estimate of drug-likeness (QED) is 0.689. The topological polar surface area (TPSA) is 73.7 Å². The predicted octanol–water partition coefficient (Wildman–Crippen LogP) is 1.91. The molecular weight excluding hydrogens is 405 g/mol. The largest absolute Gasteiger partial charge is 0.354 e. The van der Waals surface area contributed by atoms with Crippen molar-refractivity contribution in [2.75, 3.05) is 31.0 Å². The van der Waals surface area contributed by atoms with E-state index in [9.17, 15) is 12.8 Å². The Morgan fingerprint density at radius 3 is 2.92 bits per heavy atom. The molecule has 0 aliphatic carbocycles. The second kappa shape index (κ2) is 6.79. The third kappa shape index (κ3) is 4.12. The molecule has 0 unspecified atom stereocenters. The summed E-state index contributed by atoms with van der Waals surface area (Å²) in [6.07, 6.45) is 3.78. The van der Waals surface area contributed by atoms with Crippen LogP contribution in [0.5, 0.6) is 0 Å². The molecule has 1 aliphatic heterocycles. The van der Waals surface area contributed by atoms with Crippen molar-refractivity contribution in [3.63, 3.8) is 0 Å². The van der Waals surface area contributed by atoms with Crippen LogP contribution >= 0.6 is 15.9 Å². The molecule has 2 heterocycles. The second-order valence-electron chi connectivity index (χ2n) is 5.37. The zero-order valence-electron chi connectivity index (χ0n) is 12.7.